The van der Waals surface area contributed by atoms with Crippen LogP contribution >= 0.6 is 11.3 Å². The highest BCUT2D eigenvalue weighted by Gasteiger charge is 2.12. The van der Waals surface area contributed by atoms with E-state index >= 15 is 0 Å². The molecule has 1 unspecified atom stereocenters. The Kier molecular flexibility index (Phi) is 5.58. The fourth-order valence-corrected chi connectivity index (χ4v) is 2.49. The highest BCUT2D eigenvalue weighted by molar-refractivity contribution is 7.09. The summed E-state index contributed by atoms with van der Waals surface area (Å²) < 4.78 is 6.07. The molecule has 1 N–H and O–H groups in total. The van der Waals surface area contributed by atoms with Gasteiger partial charge in [-0.05, 0) is 17.0 Å². The van der Waals surface area contributed by atoms with Gasteiger partial charge in [0.15, 0.2) is 0 Å². The Morgan fingerprint density at radius 2 is 1.89 bits per heavy atom. The fourth-order valence-electron chi connectivity index (χ4n) is 1.86. The Labute approximate surface area is 119 Å². The van der Waals surface area contributed by atoms with Crippen LogP contribution in [0.2, 0.25) is 0 Å². The fraction of sp³-hybridized carbons (Fsp3) is 0.375. The number of hydrogen-bond donors (Lipinski definition) is 1. The van der Waals surface area contributed by atoms with Crippen LogP contribution in [-0.2, 0) is 11.3 Å². The molecule has 0 aliphatic carbocycles. The van der Waals surface area contributed by atoms with Crippen molar-refractivity contribution in [3.63, 3.8) is 0 Å². The maximum Gasteiger partial charge on any atom is 0.0954 e. The van der Waals surface area contributed by atoms with E-state index in [1.165, 1.54) is 10.4 Å². The second kappa shape index (κ2) is 7.43. The summed E-state index contributed by atoms with van der Waals surface area (Å²) in [5, 5.41) is 5.54. The molecule has 0 aliphatic heterocycles. The van der Waals surface area contributed by atoms with Crippen LogP contribution in [0.5, 0.6) is 0 Å². The molecule has 0 fully saturated rings. The van der Waals surface area contributed by atoms with Crippen molar-refractivity contribution in [1.82, 2.24) is 5.32 Å². The molecule has 1 aromatic carbocycles. The Morgan fingerprint density at radius 3 is 2.53 bits per heavy atom. The van der Waals surface area contributed by atoms with Gasteiger partial charge < -0.3 is 10.1 Å². The van der Waals surface area contributed by atoms with Gasteiger partial charge in [0.25, 0.3) is 0 Å². The lowest BCUT2D eigenvalue weighted by molar-refractivity contribution is 0.0401. The van der Waals surface area contributed by atoms with Crippen molar-refractivity contribution in [1.29, 1.82) is 0 Å². The van der Waals surface area contributed by atoms with E-state index in [0.717, 1.165) is 6.54 Å². The molecule has 102 valence electrons. The van der Waals surface area contributed by atoms with Crippen molar-refractivity contribution in [3.05, 3.63) is 58.3 Å². The maximum absolute atomic E-state index is 6.07. The van der Waals surface area contributed by atoms with Crippen molar-refractivity contribution >= 4 is 11.3 Å². The first-order valence-electron chi connectivity index (χ1n) is 6.68. The molecular weight excluding hydrogens is 254 g/mol. The van der Waals surface area contributed by atoms with Crippen LogP contribution in [0.4, 0.5) is 0 Å². The van der Waals surface area contributed by atoms with Crippen LogP contribution in [0.25, 0.3) is 0 Å². The Morgan fingerprint density at radius 1 is 1.11 bits per heavy atom. The number of thiophene rings is 1. The molecule has 0 bridgehead atoms. The second-order valence-electron chi connectivity index (χ2n) is 4.85. The van der Waals surface area contributed by atoms with Gasteiger partial charge >= 0.3 is 0 Å². The van der Waals surface area contributed by atoms with Crippen LogP contribution in [-0.4, -0.2) is 12.6 Å². The summed E-state index contributed by atoms with van der Waals surface area (Å²) in [6.45, 7) is 5.83. The molecule has 2 nitrogen and oxygen atoms in total. The second-order valence-corrected chi connectivity index (χ2v) is 5.88. The summed E-state index contributed by atoms with van der Waals surface area (Å²) in [5.74, 6) is 0. The molecule has 2 aromatic rings. The van der Waals surface area contributed by atoms with Gasteiger partial charge in [0, 0.05) is 17.5 Å². The van der Waals surface area contributed by atoms with Gasteiger partial charge in [-0.25, -0.2) is 0 Å². The number of rotatable bonds is 7. The molecule has 1 aromatic heterocycles. The smallest absolute Gasteiger partial charge is 0.0954 e. The molecule has 0 aliphatic rings. The van der Waals surface area contributed by atoms with E-state index in [4.69, 9.17) is 4.74 Å². The summed E-state index contributed by atoms with van der Waals surface area (Å²) in [6.07, 6.45) is 0.102. The van der Waals surface area contributed by atoms with Gasteiger partial charge in [0.05, 0.1) is 12.7 Å². The third-order valence-corrected chi connectivity index (χ3v) is 3.74. The molecule has 19 heavy (non-hydrogen) atoms. The molecule has 0 radical (unpaired) electrons. The third kappa shape index (κ3) is 4.78. The van der Waals surface area contributed by atoms with Gasteiger partial charge in [0.2, 0.25) is 0 Å². The van der Waals surface area contributed by atoms with Crippen LogP contribution in [0.1, 0.15) is 30.4 Å². The van der Waals surface area contributed by atoms with Crippen LogP contribution in [0.15, 0.2) is 47.8 Å². The van der Waals surface area contributed by atoms with Crippen molar-refractivity contribution in [2.24, 2.45) is 0 Å². The summed E-state index contributed by atoms with van der Waals surface area (Å²) in [4.78, 5) is 1.27. The van der Waals surface area contributed by atoms with Gasteiger partial charge in [-0.3, -0.25) is 0 Å². The van der Waals surface area contributed by atoms with Gasteiger partial charge in [-0.2, -0.15) is 0 Å². The molecule has 0 saturated heterocycles. The number of hydrogen-bond acceptors (Lipinski definition) is 3. The van der Waals surface area contributed by atoms with E-state index in [-0.39, 0.29) is 6.10 Å². The average Bonchev–Trinajstić information content (AvgIpc) is 2.93. The van der Waals surface area contributed by atoms with Crippen molar-refractivity contribution < 1.29 is 4.74 Å². The summed E-state index contributed by atoms with van der Waals surface area (Å²) in [5.41, 5.74) is 1.23. The van der Waals surface area contributed by atoms with Crippen LogP contribution < -0.4 is 5.32 Å². The largest absolute Gasteiger partial charge is 0.367 e. The minimum atomic E-state index is 0.102. The van der Waals surface area contributed by atoms with E-state index in [1.54, 1.807) is 11.3 Å². The molecule has 2 rings (SSSR count). The van der Waals surface area contributed by atoms with Crippen LogP contribution in [0.3, 0.4) is 0 Å². The van der Waals surface area contributed by atoms with Crippen LogP contribution in [0, 0.1) is 0 Å². The van der Waals surface area contributed by atoms with E-state index in [0.29, 0.717) is 12.6 Å². The SMILES string of the molecule is CC(C)NCC(OCc1cccs1)c1ccccc1. The Bertz CT molecular complexity index is 453. The Balaban J connectivity index is 1.97. The topological polar surface area (TPSA) is 21.3 Å². The summed E-state index contributed by atoms with van der Waals surface area (Å²) in [6, 6.07) is 15.1. The highest BCUT2D eigenvalue weighted by atomic mass is 32.1. The molecule has 0 saturated carbocycles. The predicted octanol–water partition coefficient (Wildman–Crippen LogP) is 4.00. The lowest BCUT2D eigenvalue weighted by atomic mass is 10.1. The zero-order valence-corrected chi connectivity index (χ0v) is 12.3. The first-order chi connectivity index (χ1) is 9.25. The highest BCUT2D eigenvalue weighted by Crippen LogP contribution is 2.20. The quantitative estimate of drug-likeness (QED) is 0.824. The maximum atomic E-state index is 6.07. The summed E-state index contributed by atoms with van der Waals surface area (Å²) in [7, 11) is 0. The van der Waals surface area contributed by atoms with E-state index < -0.39 is 0 Å². The standard InChI is InChI=1S/C16H21NOS/c1-13(2)17-11-16(14-7-4-3-5-8-14)18-12-15-9-6-10-19-15/h3-10,13,16-17H,11-12H2,1-2H3. The van der Waals surface area contributed by atoms with E-state index in [1.807, 2.05) is 6.07 Å². The minimum absolute atomic E-state index is 0.102. The zero-order chi connectivity index (χ0) is 13.5. The molecule has 1 heterocycles. The lowest BCUT2D eigenvalue weighted by Crippen LogP contribution is -2.29. The summed E-state index contributed by atoms with van der Waals surface area (Å²) >= 11 is 1.74. The van der Waals surface area contributed by atoms with Gasteiger partial charge in [0.1, 0.15) is 0 Å². The Hall–Kier alpha value is -1.16. The van der Waals surface area contributed by atoms with Crippen molar-refractivity contribution in [2.45, 2.75) is 32.6 Å². The van der Waals surface area contributed by atoms with Gasteiger partial charge in [-0.1, -0.05) is 50.2 Å². The molecule has 1 atom stereocenters. The van der Waals surface area contributed by atoms with Gasteiger partial charge in [-0.15, -0.1) is 11.3 Å². The van der Waals surface area contributed by atoms with Crippen molar-refractivity contribution in [2.75, 3.05) is 6.54 Å². The molecule has 3 heteroatoms. The normalized spacial score (nSPS) is 12.8. The number of benzene rings is 1. The number of ether oxygens (including phenoxy) is 1. The minimum Gasteiger partial charge on any atom is -0.367 e. The first-order valence-corrected chi connectivity index (χ1v) is 7.56. The molecule has 0 spiro atoms. The van der Waals surface area contributed by atoms with E-state index in [9.17, 15) is 0 Å². The lowest BCUT2D eigenvalue weighted by Gasteiger charge is -2.20. The first kappa shape index (κ1) is 14.3. The number of nitrogens with one attached hydrogen (secondary N) is 1. The average molecular weight is 275 g/mol. The third-order valence-electron chi connectivity index (χ3n) is 2.89. The predicted molar refractivity (Wildman–Crippen MR) is 81.4 cm³/mol. The zero-order valence-electron chi connectivity index (χ0n) is 11.5. The molecular formula is C16H21NOS. The monoisotopic (exact) mass is 275 g/mol. The van der Waals surface area contributed by atoms with Crippen molar-refractivity contribution in [3.8, 4) is 0 Å². The van der Waals surface area contributed by atoms with E-state index in [2.05, 4.69) is 60.9 Å². The molecule has 0 amide bonds.